The summed E-state index contributed by atoms with van der Waals surface area (Å²) in [6.45, 7) is -1.85. The maximum Gasteiger partial charge on any atom is 1.00 e. The van der Waals surface area contributed by atoms with Crippen molar-refractivity contribution >= 4 is 113 Å². The van der Waals surface area contributed by atoms with E-state index in [2.05, 4.69) is 43.5 Å². The van der Waals surface area contributed by atoms with Crippen LogP contribution in [-0.4, -0.2) is 91.5 Å². The second-order valence-corrected chi connectivity index (χ2v) is 20.9. The molecule has 0 fully saturated rings. The number of phenolic OH excluding ortho intramolecular Hbond substituents is 1. The topological polar surface area (TPSA) is 425 Å². The summed E-state index contributed by atoms with van der Waals surface area (Å²) < 4.78 is 163. The van der Waals surface area contributed by atoms with Gasteiger partial charge in [0.25, 0.3) is 5.91 Å². The Morgan fingerprint density at radius 3 is 1.55 bits per heavy atom. The van der Waals surface area contributed by atoms with Gasteiger partial charge in [0.05, 0.1) is 78.8 Å². The van der Waals surface area contributed by atoms with Crippen molar-refractivity contribution in [3.63, 3.8) is 0 Å². The van der Waals surface area contributed by atoms with E-state index in [9.17, 15) is 70.9 Å². The van der Waals surface area contributed by atoms with Gasteiger partial charge in [-0.15, -0.1) is 10.2 Å². The average molecular weight is 1110 g/mol. The van der Waals surface area contributed by atoms with Crippen molar-refractivity contribution in [2.24, 2.45) is 20.5 Å². The summed E-state index contributed by atoms with van der Waals surface area (Å²) in [5, 5.41) is 43.0. The summed E-state index contributed by atoms with van der Waals surface area (Å²) >= 11 is 0.172. The van der Waals surface area contributed by atoms with Crippen LogP contribution in [0.4, 0.5) is 34.1 Å². The molecule has 5 aromatic carbocycles. The van der Waals surface area contributed by atoms with E-state index in [4.69, 9.17) is 5.73 Å². The summed E-state index contributed by atoms with van der Waals surface area (Å²) in [6.07, 6.45) is 0. The molecule has 1 amide bonds. The minimum atomic E-state index is -5.38. The molecule has 0 atom stereocenters. The number of azo groups is 2. The molecular formula is C33H26N6Na4O20S6. The fourth-order valence-corrected chi connectivity index (χ4v) is 9.42. The molecule has 4 N–H and O–H groups in total. The van der Waals surface area contributed by atoms with Gasteiger partial charge in [0.15, 0.2) is 25.4 Å². The minimum Gasteiger partial charge on any atom is -0.744 e. The van der Waals surface area contributed by atoms with Gasteiger partial charge >= 0.3 is 118 Å². The fraction of sp³-hybridized carbons (Fsp3) is 0.121. The van der Waals surface area contributed by atoms with Gasteiger partial charge in [-0.1, -0.05) is 0 Å². The Kier molecular flexibility index (Phi) is 26.2. The Balaban J connectivity index is 0.00000595. The number of nitrogens with one attached hydrogen (secondary N) is 1. The molecule has 0 unspecified atom stereocenters. The summed E-state index contributed by atoms with van der Waals surface area (Å²) in [5.41, 5.74) is 4.59. The number of amides is 1. The van der Waals surface area contributed by atoms with Crippen molar-refractivity contribution in [3.8, 4) is 5.75 Å². The maximum absolute atomic E-state index is 12.9. The second-order valence-electron chi connectivity index (χ2n) is 12.5. The number of fused-ring (bicyclic) bond motifs is 1. The van der Waals surface area contributed by atoms with E-state index in [-0.39, 0.29) is 178 Å². The number of nitrogens with zero attached hydrogens (tertiary/aromatic N) is 4. The summed E-state index contributed by atoms with van der Waals surface area (Å²) in [4.78, 5) is 11.1. The SMILES string of the molecule is Nc1c(N=Nc2ccc(C(=O)Nc3ccc(S(=O)(=O)CCOS(=O)(=O)[O-])cc3)cc2)c(S(=O)(=O)[O-])cc2cc(SOO[O-])c(N=Nc3ccc(S(=O)(=O)CCOS(=O)(=O)[O-])cc3)c(O)c12.[Na+].[Na+].[Na+].[Na+]. The number of carbonyl (C=O) groups excluding carboxylic acids is 1. The van der Waals surface area contributed by atoms with Gasteiger partial charge < -0.3 is 35.1 Å². The molecule has 0 aliphatic carbocycles. The van der Waals surface area contributed by atoms with Gasteiger partial charge in [-0.05, 0) is 90.3 Å². The first-order chi connectivity index (χ1) is 30.3. The number of nitrogens with two attached hydrogens (primary N) is 1. The standard InChI is InChI=1S/C33H30N6O20S6.4Na/c34-29-28-20(17-26(60-59-58-42)30(32(28)40)38-36-23-7-11-25(12-8-23)62(45,46)16-14-57-65(53,54)55)18-27(63(47,48)49)31(29)39-37-22-3-1-19(2-4-22)33(41)35-21-5-9-24(10-6-21)61(43,44)15-13-56-64(50,51)52;;;;/h1-12,17-18,40,42H,13-16,34H2,(H,35,41)(H,47,48,49)(H,50,51,52)(H,53,54,55);;;;/q;4*+1/p-4. The van der Waals surface area contributed by atoms with Crippen LogP contribution in [0.3, 0.4) is 0 Å². The smallest absolute Gasteiger partial charge is 0.744 e. The number of carbonyl (C=O) groups is 1. The maximum atomic E-state index is 12.9. The summed E-state index contributed by atoms with van der Waals surface area (Å²) in [7, 11) is -23.8. The Bertz CT molecular complexity index is 3270. The molecule has 0 spiro atoms. The van der Waals surface area contributed by atoms with Crippen LogP contribution >= 0.6 is 12.0 Å². The molecule has 36 heteroatoms. The minimum absolute atomic E-state index is 0. The van der Waals surface area contributed by atoms with Crippen molar-refractivity contribution in [1.29, 1.82) is 0 Å². The normalized spacial score (nSPS) is 12.2. The van der Waals surface area contributed by atoms with E-state index in [1.165, 1.54) is 36.4 Å². The number of aromatic hydroxyl groups is 1. The molecule has 5 rings (SSSR count). The molecule has 69 heavy (non-hydrogen) atoms. The van der Waals surface area contributed by atoms with Crippen LogP contribution < -0.4 is 135 Å². The monoisotopic (exact) mass is 1110 g/mol. The Morgan fingerprint density at radius 1 is 0.652 bits per heavy atom. The van der Waals surface area contributed by atoms with Crippen molar-refractivity contribution < 1.29 is 207 Å². The zero-order valence-electron chi connectivity index (χ0n) is 35.9. The van der Waals surface area contributed by atoms with Gasteiger partial charge in [-0.2, -0.15) is 14.6 Å². The summed E-state index contributed by atoms with van der Waals surface area (Å²) in [6, 6.07) is 16.1. The van der Waals surface area contributed by atoms with Gasteiger partial charge in [-0.25, -0.2) is 42.1 Å². The fourth-order valence-electron chi connectivity index (χ4n) is 5.31. The molecule has 0 saturated carbocycles. The zero-order chi connectivity index (χ0) is 48.0. The Labute approximate surface area is 485 Å². The van der Waals surface area contributed by atoms with Gasteiger partial charge in [0.1, 0.15) is 21.5 Å². The first-order valence-corrected chi connectivity index (χ1v) is 25.2. The molecule has 26 nitrogen and oxygen atoms in total. The molecule has 0 radical (unpaired) electrons. The van der Waals surface area contributed by atoms with Crippen LogP contribution in [0.2, 0.25) is 0 Å². The quantitative estimate of drug-likeness (QED) is 0.00952. The third-order valence-electron chi connectivity index (χ3n) is 8.22. The number of hydrogen-bond acceptors (Lipinski definition) is 26. The van der Waals surface area contributed by atoms with E-state index < -0.39 is 109 Å². The van der Waals surface area contributed by atoms with Crippen LogP contribution in [0.25, 0.3) is 10.8 Å². The Hall–Kier alpha value is -1.59. The van der Waals surface area contributed by atoms with Gasteiger partial charge in [-0.3, -0.25) is 18.2 Å². The van der Waals surface area contributed by atoms with Crippen molar-refractivity contribution in [1.82, 2.24) is 0 Å². The number of benzene rings is 5. The van der Waals surface area contributed by atoms with Crippen molar-refractivity contribution in [2.75, 3.05) is 35.8 Å². The van der Waals surface area contributed by atoms with E-state index in [0.717, 1.165) is 48.5 Å². The summed E-state index contributed by atoms with van der Waals surface area (Å²) in [5.74, 6) is -3.19. The van der Waals surface area contributed by atoms with Crippen LogP contribution in [0.5, 0.6) is 5.75 Å². The molecule has 0 bridgehead atoms. The number of rotatable bonds is 20. The molecule has 0 heterocycles. The first-order valence-electron chi connectivity index (χ1n) is 17.1. The Morgan fingerprint density at radius 2 is 1.10 bits per heavy atom. The van der Waals surface area contributed by atoms with E-state index in [0.29, 0.717) is 0 Å². The number of hydrogen-bond donors (Lipinski definition) is 3. The predicted octanol–water partition coefficient (Wildman–Crippen LogP) is -9.14. The van der Waals surface area contributed by atoms with Crippen molar-refractivity contribution in [3.05, 3.63) is 90.5 Å². The molecule has 0 aromatic heterocycles. The number of sulfone groups is 2. The molecule has 348 valence electrons. The second kappa shape index (κ2) is 27.6. The zero-order valence-corrected chi connectivity index (χ0v) is 48.8. The van der Waals surface area contributed by atoms with Crippen molar-refractivity contribution in [2.45, 2.75) is 19.6 Å². The average Bonchev–Trinajstić information content (AvgIpc) is 3.21. The van der Waals surface area contributed by atoms with Gasteiger partial charge in [0, 0.05) is 11.3 Å². The van der Waals surface area contributed by atoms with E-state index in [1.54, 1.807) is 0 Å². The number of nitrogen functional groups attached to an aromatic ring is 1. The number of anilines is 2. The predicted molar refractivity (Wildman–Crippen MR) is 217 cm³/mol. The third kappa shape index (κ3) is 19.0. The van der Waals surface area contributed by atoms with Crippen LogP contribution in [0, 0.1) is 0 Å². The van der Waals surface area contributed by atoms with Crippen LogP contribution in [-0.2, 0) is 68.3 Å². The molecule has 5 aromatic rings. The molecule has 0 saturated heterocycles. The first kappa shape index (κ1) is 65.4. The van der Waals surface area contributed by atoms with E-state index >= 15 is 0 Å². The molecular weight excluding hydrogens is 1080 g/mol. The van der Waals surface area contributed by atoms with E-state index in [1.807, 2.05) is 0 Å². The van der Waals surface area contributed by atoms with Crippen LogP contribution in [0.1, 0.15) is 10.4 Å². The molecule has 0 aliphatic heterocycles. The van der Waals surface area contributed by atoms with Gasteiger partial charge in [0.2, 0.25) is 20.8 Å². The third-order valence-corrected chi connectivity index (χ3v) is 14.0. The molecule has 0 aliphatic rings. The largest absolute Gasteiger partial charge is 1.00 e. The van der Waals surface area contributed by atoms with Crippen LogP contribution in [0.15, 0.2) is 125 Å². The number of phenols is 1.